The summed E-state index contributed by atoms with van der Waals surface area (Å²) in [7, 11) is 20.5. The van der Waals surface area contributed by atoms with Gasteiger partial charge in [0, 0.05) is 107 Å². The molecule has 0 unspecified atom stereocenters. The summed E-state index contributed by atoms with van der Waals surface area (Å²) < 4.78 is 53.0. The Balaban J connectivity index is 0.000000161. The second-order valence-corrected chi connectivity index (χ2v) is 28.3. The van der Waals surface area contributed by atoms with Crippen molar-refractivity contribution >= 4 is 17.7 Å². The Morgan fingerprint density at radius 3 is 0.936 bits per heavy atom. The van der Waals surface area contributed by atoms with Gasteiger partial charge in [-0.3, -0.25) is 14.4 Å². The van der Waals surface area contributed by atoms with E-state index >= 15 is 0 Å². The molecule has 3 fully saturated rings. The number of aliphatic hydroxyl groups excluding tert-OH is 4. The van der Waals surface area contributed by atoms with Gasteiger partial charge in [0.25, 0.3) is 0 Å². The molecule has 9 aromatic carbocycles. The van der Waals surface area contributed by atoms with Crippen molar-refractivity contribution in [2.24, 2.45) is 34.3 Å². The number of aliphatic hydroxyl groups is 4. The lowest BCUT2D eigenvalue weighted by molar-refractivity contribution is -0.138. The van der Waals surface area contributed by atoms with Gasteiger partial charge in [-0.05, 0) is 106 Å². The van der Waals surface area contributed by atoms with Crippen molar-refractivity contribution in [1.29, 1.82) is 0 Å². The van der Waals surface area contributed by atoms with Crippen LogP contribution >= 0.6 is 0 Å². The maximum Gasteiger partial charge on any atom is 0.228 e. The smallest absolute Gasteiger partial charge is 0.228 e. The van der Waals surface area contributed by atoms with Crippen LogP contribution in [0.15, 0.2) is 224 Å². The van der Waals surface area contributed by atoms with Gasteiger partial charge in [0.1, 0.15) is 68.4 Å². The Kier molecular flexibility index (Phi) is 22.7. The molecule has 3 aliphatic carbocycles. The summed E-state index contributed by atoms with van der Waals surface area (Å²) in [6.07, 6.45) is -3.85. The van der Waals surface area contributed by atoms with Gasteiger partial charge in [-0.15, -0.1) is 0 Å². The largest absolute Gasteiger partial charge is 0.497 e. The van der Waals surface area contributed by atoms with Crippen LogP contribution in [0.25, 0.3) is 10.4 Å². The Morgan fingerprint density at radius 2 is 0.645 bits per heavy atom. The molecule has 3 saturated carbocycles. The molecule has 576 valence electrons. The van der Waals surface area contributed by atoms with E-state index < -0.39 is 87.2 Å². The van der Waals surface area contributed by atoms with Crippen LogP contribution in [-0.2, 0) is 47.8 Å². The Morgan fingerprint density at radius 1 is 0.391 bits per heavy atom. The molecule has 0 spiro atoms. The number of rotatable bonds is 16. The third-order valence-electron chi connectivity index (χ3n) is 22.7. The van der Waals surface area contributed by atoms with Gasteiger partial charge in [-0.2, -0.15) is 0 Å². The topological polar surface area (TPSA) is 326 Å². The summed E-state index contributed by atoms with van der Waals surface area (Å²) in [6, 6.07) is 66.9. The van der Waals surface area contributed by atoms with Gasteiger partial charge < -0.3 is 89.2 Å². The summed E-state index contributed by atoms with van der Waals surface area (Å²) in [5.74, 6) is -0.00139. The number of hydrogen-bond acceptors (Lipinski definition) is 19. The molecule has 6 aliphatic rings. The van der Waals surface area contributed by atoms with Gasteiger partial charge >= 0.3 is 0 Å². The van der Waals surface area contributed by atoms with Crippen molar-refractivity contribution in [2.75, 3.05) is 92.1 Å². The summed E-state index contributed by atoms with van der Waals surface area (Å²) in [5.41, 5.74) is 22.4. The number of nitrogens with zero attached hydrogens (tertiary/aromatic N) is 6. The molecule has 24 nitrogen and oxygen atoms in total. The van der Waals surface area contributed by atoms with Crippen LogP contribution in [-0.4, -0.2) is 163 Å². The van der Waals surface area contributed by atoms with Crippen molar-refractivity contribution in [3.8, 4) is 51.7 Å². The highest BCUT2D eigenvalue weighted by Crippen LogP contribution is 2.73. The van der Waals surface area contributed by atoms with Gasteiger partial charge in [-0.25, -0.2) is 0 Å². The fraction of sp³-hybridized carbons (Fsp3) is 0.337. The maximum absolute atomic E-state index is 13.7. The molecule has 0 saturated heterocycles. The number of carbonyl (C=O) groups excluding carboxylic acids is 3. The SMILES string of the molecule is C.CO.COc1ccc([C@@]23Oc4cc(OC)ccc4[C@]2(N)[C@H](O)[C@H](C(=O)N(C)C)[C@H]3c2ccccc2)cc1.COc1ccc([C@@]23Oc4cc(OC)ccc4[C@]2(N)[C@H](O)[C@H](C(=O)N(C)C)[C@H]3c2ccccc2)cc1.COc1ccc([C@@]23Oc4cc(OC)ccc4[C@]2(N=[N+]=[N-])[C@H](O)[C@H](C(=O)N(C)C)[C@H]3c2ccccc2)cc1. The summed E-state index contributed by atoms with van der Waals surface area (Å²) >= 11 is 0. The Hall–Kier alpha value is -11.3. The van der Waals surface area contributed by atoms with Gasteiger partial charge in [-0.1, -0.05) is 146 Å². The molecule has 0 radical (unpaired) electrons. The first-order valence-electron chi connectivity index (χ1n) is 35.4. The molecule has 9 aromatic rings. The van der Waals surface area contributed by atoms with Crippen LogP contribution in [0.4, 0.5) is 0 Å². The van der Waals surface area contributed by atoms with E-state index in [0.29, 0.717) is 74.0 Å². The van der Waals surface area contributed by atoms with Crippen LogP contribution in [0.5, 0.6) is 51.7 Å². The van der Waals surface area contributed by atoms with Gasteiger partial charge in [0.2, 0.25) is 17.7 Å². The highest BCUT2D eigenvalue weighted by Gasteiger charge is 2.80. The molecule has 15 rings (SSSR count). The van der Waals surface area contributed by atoms with Crippen LogP contribution in [0, 0.1) is 17.8 Å². The predicted molar refractivity (Wildman–Crippen MR) is 414 cm³/mol. The molecule has 0 aromatic heterocycles. The minimum atomic E-state index is -1.66. The van der Waals surface area contributed by atoms with Crippen LogP contribution in [0.3, 0.4) is 0 Å². The van der Waals surface area contributed by atoms with Crippen molar-refractivity contribution in [3.05, 3.63) is 279 Å². The lowest BCUT2D eigenvalue weighted by Gasteiger charge is -2.41. The fourth-order valence-corrected chi connectivity index (χ4v) is 17.9. The summed E-state index contributed by atoms with van der Waals surface area (Å²) in [5, 5.41) is 47.4. The average Bonchev–Trinajstić information content (AvgIpc) is 1.52. The van der Waals surface area contributed by atoms with Crippen LogP contribution < -0.4 is 54.1 Å². The maximum atomic E-state index is 13.7. The summed E-state index contributed by atoms with van der Waals surface area (Å²) in [4.78, 5) is 48.6. The molecule has 110 heavy (non-hydrogen) atoms. The van der Waals surface area contributed by atoms with Crippen LogP contribution in [0.2, 0.25) is 0 Å². The zero-order valence-corrected chi connectivity index (χ0v) is 63.0. The van der Waals surface area contributed by atoms with Crippen LogP contribution in [0.1, 0.15) is 75.3 Å². The minimum absolute atomic E-state index is 0. The van der Waals surface area contributed by atoms with E-state index in [9.17, 15) is 35.2 Å². The van der Waals surface area contributed by atoms with Crippen molar-refractivity contribution in [2.45, 2.75) is 76.9 Å². The van der Waals surface area contributed by atoms with Gasteiger partial charge in [0.05, 0.1) is 78.7 Å². The van der Waals surface area contributed by atoms with E-state index in [1.807, 2.05) is 164 Å². The number of methoxy groups -OCH3 is 6. The zero-order valence-electron chi connectivity index (χ0n) is 63.0. The average molecular weight is 1500 g/mol. The quantitative estimate of drug-likeness (QED) is 0.0297. The Labute approximate surface area is 640 Å². The number of hydrogen-bond donors (Lipinski definition) is 6. The second-order valence-electron chi connectivity index (χ2n) is 28.3. The summed E-state index contributed by atoms with van der Waals surface area (Å²) in [6.45, 7) is 0. The molecule has 24 heteroatoms. The van der Waals surface area contributed by atoms with E-state index in [4.69, 9.17) is 59.2 Å². The van der Waals surface area contributed by atoms with Crippen molar-refractivity contribution < 1.29 is 77.4 Å². The van der Waals surface area contributed by atoms with Crippen molar-refractivity contribution in [1.82, 2.24) is 14.7 Å². The Bertz CT molecular complexity index is 4630. The minimum Gasteiger partial charge on any atom is -0.497 e. The molecular formula is C86H96N8O16. The molecule has 0 bridgehead atoms. The number of amides is 3. The second kappa shape index (κ2) is 31.3. The zero-order chi connectivity index (χ0) is 78.3. The standard InChI is InChI=1S/C28H28N4O5.2C28H30N2O5.CH4O.CH4/c1-32(2)26(34)23-24(17-8-6-5-7-9-17)28(18-10-12-19(35-3)13-11-18)27(25(23)33,30-31-29)21-15-14-20(36-4)16-22(21)37-28;2*1-30(2)26(32)23-24(17-8-6-5-7-9-17)28(18-10-12-19(33-3)13-11-18)27(29,25(23)31)21-15-14-20(34-4)16-22(21)35-28;1-2;/h5-16,23-25,33H,1-4H3;2*5-16,23-25,31H,29H2,1-4H3;2H,1H3;1H4/t3*23-,24-,25-,27+,28+;;/m111../s1. The first kappa shape index (κ1) is 79.7. The number of carbonyl (C=O) groups is 3. The molecule has 3 aliphatic heterocycles. The third kappa shape index (κ3) is 12.0. The lowest BCUT2D eigenvalue weighted by atomic mass is 9.69. The van der Waals surface area contributed by atoms with E-state index in [0.717, 1.165) is 34.9 Å². The number of ether oxygens (including phenoxy) is 9. The molecule has 3 heterocycles. The van der Waals surface area contributed by atoms with Crippen molar-refractivity contribution in [3.63, 3.8) is 0 Å². The van der Waals surface area contributed by atoms with E-state index in [2.05, 4.69) is 10.0 Å². The highest BCUT2D eigenvalue weighted by molar-refractivity contribution is 5.85. The predicted octanol–water partition coefficient (Wildman–Crippen LogP) is 10.6. The van der Waals surface area contributed by atoms with E-state index in [-0.39, 0.29) is 25.1 Å². The first-order valence-corrected chi connectivity index (χ1v) is 35.4. The number of nitrogens with two attached hydrogens (primary N) is 2. The monoisotopic (exact) mass is 1500 g/mol. The van der Waals surface area contributed by atoms with Gasteiger partial charge in [0.15, 0.2) is 16.8 Å². The molecular weight excluding hydrogens is 1400 g/mol. The normalized spacial score (nSPS) is 27.4. The first-order chi connectivity index (χ1) is 52.4. The number of benzene rings is 9. The number of azide groups is 1. The fourth-order valence-electron chi connectivity index (χ4n) is 17.9. The molecule has 3 amide bonds. The van der Waals surface area contributed by atoms with E-state index in [1.54, 1.807) is 140 Å². The number of fused-ring (bicyclic) bond motifs is 9. The highest BCUT2D eigenvalue weighted by atomic mass is 16.5. The lowest BCUT2D eigenvalue weighted by Crippen LogP contribution is -2.58. The van der Waals surface area contributed by atoms with E-state index in [1.165, 1.54) is 14.7 Å². The third-order valence-corrected chi connectivity index (χ3v) is 22.7. The molecule has 8 N–H and O–H groups in total. The molecule has 15 atom stereocenters.